The van der Waals surface area contributed by atoms with E-state index in [0.717, 1.165) is 6.08 Å². The van der Waals surface area contributed by atoms with E-state index < -0.39 is 81.9 Å². The Labute approximate surface area is 222 Å². The zero-order chi connectivity index (χ0) is 28.5. The predicted octanol–water partition coefficient (Wildman–Crippen LogP) is 4.34. The number of fused-ring (bicyclic) bond motifs is 5. The van der Waals surface area contributed by atoms with Crippen LogP contribution in [0.5, 0.6) is 0 Å². The number of nitriles is 1. The van der Waals surface area contributed by atoms with Crippen LogP contribution in [0, 0.1) is 45.3 Å². The number of ketones is 1. The summed E-state index contributed by atoms with van der Waals surface area (Å²) in [4.78, 5) is 38.9. The minimum atomic E-state index is -2.33. The number of hydrogen-bond donors (Lipinski definition) is 1. The highest BCUT2D eigenvalue weighted by Crippen LogP contribution is 2.71. The normalized spacial score (nSPS) is 43.7. The minimum absolute atomic E-state index is 0.00810. The smallest absolute Gasteiger partial charge is 0.352 e. The predicted molar refractivity (Wildman–Crippen MR) is 133 cm³/mol. The van der Waals surface area contributed by atoms with Gasteiger partial charge in [0.2, 0.25) is 5.60 Å². The van der Waals surface area contributed by atoms with Gasteiger partial charge in [-0.2, -0.15) is 5.26 Å². The molecule has 208 valence electrons. The number of esters is 2. The molecule has 1 N–H and O–H groups in total. The second kappa shape index (κ2) is 8.97. The average Bonchev–Trinajstić information content (AvgIpc) is 3.01. The number of carbonyl (C=O) groups excluding carboxylic acids is 3. The molecule has 0 aromatic heterocycles. The first-order valence-electron chi connectivity index (χ1n) is 13.2. The molecule has 0 amide bonds. The molecule has 38 heavy (non-hydrogen) atoms. The van der Waals surface area contributed by atoms with Gasteiger partial charge in [-0.25, -0.2) is 13.6 Å². The summed E-state index contributed by atoms with van der Waals surface area (Å²) < 4.78 is 44.4. The first-order chi connectivity index (χ1) is 17.5. The highest BCUT2D eigenvalue weighted by atomic mass is 19.1. The Bertz CT molecular complexity index is 1150. The van der Waals surface area contributed by atoms with Crippen molar-refractivity contribution in [3.63, 3.8) is 0 Å². The lowest BCUT2D eigenvalue weighted by Gasteiger charge is -2.63. The summed E-state index contributed by atoms with van der Waals surface area (Å²) >= 11 is 0. The van der Waals surface area contributed by atoms with E-state index >= 15 is 8.78 Å². The summed E-state index contributed by atoms with van der Waals surface area (Å²) in [5.41, 5.74) is -7.55. The SMILES string of the molecule is C[C@@H]1C[C@H]2[C@@H]3C[C@H](F)C4=CC(=O)C=C[C@]4(C)[C@@]3(F)[C@@H](O)C[C@]2(C)[C@@]1(OC(=O)CC(C)(C)C)C(=O)OCC#N. The molecule has 0 unspecified atom stereocenters. The van der Waals surface area contributed by atoms with Gasteiger partial charge in [0, 0.05) is 22.7 Å². The molecule has 4 aliphatic rings. The molecule has 0 aromatic rings. The van der Waals surface area contributed by atoms with E-state index in [4.69, 9.17) is 14.7 Å². The molecule has 0 aromatic carbocycles. The Kier molecular flexibility index (Phi) is 6.71. The van der Waals surface area contributed by atoms with Crippen molar-refractivity contribution in [2.75, 3.05) is 6.61 Å². The Morgan fingerprint density at radius 3 is 2.50 bits per heavy atom. The molecular weight excluding hydrogens is 496 g/mol. The number of aliphatic hydroxyl groups is 1. The molecule has 9 atom stereocenters. The van der Waals surface area contributed by atoms with Crippen molar-refractivity contribution >= 4 is 17.7 Å². The maximum atomic E-state index is 17.4. The van der Waals surface area contributed by atoms with Crippen LogP contribution in [0.4, 0.5) is 8.78 Å². The zero-order valence-corrected chi connectivity index (χ0v) is 22.8. The third-order valence-electron chi connectivity index (χ3n) is 9.69. The van der Waals surface area contributed by atoms with Crippen LogP contribution in [0.25, 0.3) is 0 Å². The van der Waals surface area contributed by atoms with Crippen molar-refractivity contribution in [1.82, 2.24) is 0 Å². The third-order valence-corrected chi connectivity index (χ3v) is 9.69. The van der Waals surface area contributed by atoms with Crippen molar-refractivity contribution in [1.29, 1.82) is 5.26 Å². The second-order valence-electron chi connectivity index (χ2n) is 13.2. The largest absolute Gasteiger partial charge is 0.447 e. The third kappa shape index (κ3) is 3.77. The molecular formula is C29H37F2NO6. The van der Waals surface area contributed by atoms with Crippen LogP contribution in [0.1, 0.15) is 67.2 Å². The second-order valence-corrected chi connectivity index (χ2v) is 13.2. The van der Waals surface area contributed by atoms with Crippen LogP contribution in [0.15, 0.2) is 23.8 Å². The number of alkyl halides is 2. The number of carbonyl (C=O) groups is 3. The van der Waals surface area contributed by atoms with Crippen molar-refractivity contribution in [3.8, 4) is 6.07 Å². The lowest BCUT2D eigenvalue weighted by Crippen LogP contribution is -2.71. The van der Waals surface area contributed by atoms with Crippen molar-refractivity contribution in [3.05, 3.63) is 23.8 Å². The van der Waals surface area contributed by atoms with Crippen LogP contribution in [-0.2, 0) is 23.9 Å². The summed E-state index contributed by atoms with van der Waals surface area (Å²) in [6.07, 6.45) is 0.0418. The molecule has 0 aliphatic heterocycles. The van der Waals surface area contributed by atoms with E-state index in [1.54, 1.807) is 19.9 Å². The highest BCUT2D eigenvalue weighted by Gasteiger charge is 2.78. The van der Waals surface area contributed by atoms with Gasteiger partial charge in [0.25, 0.3) is 0 Å². The first kappa shape index (κ1) is 28.4. The first-order valence-corrected chi connectivity index (χ1v) is 13.2. The quantitative estimate of drug-likeness (QED) is 0.535. The van der Waals surface area contributed by atoms with Crippen molar-refractivity contribution in [2.45, 2.75) is 90.8 Å². The molecule has 9 heteroatoms. The van der Waals surface area contributed by atoms with Crippen molar-refractivity contribution in [2.24, 2.45) is 34.0 Å². The van der Waals surface area contributed by atoms with Gasteiger partial charge in [0.05, 0.1) is 12.5 Å². The van der Waals surface area contributed by atoms with Crippen LogP contribution in [0.3, 0.4) is 0 Å². The van der Waals surface area contributed by atoms with Gasteiger partial charge in [-0.15, -0.1) is 0 Å². The van der Waals surface area contributed by atoms with Crippen LogP contribution in [-0.4, -0.2) is 53.0 Å². The van der Waals surface area contributed by atoms with E-state index in [1.807, 2.05) is 20.8 Å². The highest BCUT2D eigenvalue weighted by molar-refractivity contribution is 6.01. The summed E-state index contributed by atoms with van der Waals surface area (Å²) in [7, 11) is 0. The number of hydrogen-bond acceptors (Lipinski definition) is 7. The number of aliphatic hydroxyl groups excluding tert-OH is 1. The van der Waals surface area contributed by atoms with Crippen molar-refractivity contribution < 1.29 is 37.7 Å². The summed E-state index contributed by atoms with van der Waals surface area (Å²) in [6.45, 7) is 9.84. The number of nitrogens with zero attached hydrogens (tertiary/aromatic N) is 1. The fourth-order valence-electron chi connectivity index (χ4n) is 8.07. The molecule has 7 nitrogen and oxygen atoms in total. The van der Waals surface area contributed by atoms with Gasteiger partial charge in [0.1, 0.15) is 12.2 Å². The average molecular weight is 534 g/mol. The van der Waals surface area contributed by atoms with E-state index in [-0.39, 0.29) is 31.3 Å². The maximum absolute atomic E-state index is 17.4. The number of ether oxygens (including phenoxy) is 2. The summed E-state index contributed by atoms with van der Waals surface area (Å²) in [5, 5.41) is 20.6. The number of allylic oxidation sites excluding steroid dienone is 4. The lowest BCUT2D eigenvalue weighted by atomic mass is 9.44. The number of rotatable bonds is 4. The molecule has 0 radical (unpaired) electrons. The standard InChI is InChI=1S/C29H37F2NO6/c1-16-11-18-19-13-21(30)20-12-17(33)7-8-26(20,5)28(19,31)22(34)14-27(18,6)29(16,24(36)37-10-9-32)38-23(35)15-25(2,3)4/h7-8,12,16,18-19,21-22,34H,10-11,13-15H2,1-6H3/t16-,18+,19+,21+,22+,26+,27+,28+,29+/m1/s1. The molecule has 4 aliphatic carbocycles. The topological polar surface area (TPSA) is 114 Å². The number of halogens is 2. The summed E-state index contributed by atoms with van der Waals surface area (Å²) in [6, 6.07) is 1.75. The zero-order valence-electron chi connectivity index (χ0n) is 22.8. The maximum Gasteiger partial charge on any atom is 0.352 e. The molecule has 0 heterocycles. The van der Waals surface area contributed by atoms with E-state index in [9.17, 15) is 19.5 Å². The fourth-order valence-corrected chi connectivity index (χ4v) is 8.07. The fraction of sp³-hybridized carbons (Fsp3) is 0.724. The van der Waals surface area contributed by atoms with Gasteiger partial charge in [-0.3, -0.25) is 9.59 Å². The Hall–Kier alpha value is -2.60. The molecule has 0 spiro atoms. The molecule has 0 saturated heterocycles. The lowest BCUT2D eigenvalue weighted by molar-refractivity contribution is -0.239. The summed E-state index contributed by atoms with van der Waals surface area (Å²) in [5.74, 6) is -4.36. The van der Waals surface area contributed by atoms with Gasteiger partial charge >= 0.3 is 11.9 Å². The molecule has 4 rings (SSSR count). The van der Waals surface area contributed by atoms with Gasteiger partial charge in [0.15, 0.2) is 18.1 Å². The minimum Gasteiger partial charge on any atom is -0.447 e. The van der Waals surface area contributed by atoms with Gasteiger partial charge < -0.3 is 14.6 Å². The Morgan fingerprint density at radius 2 is 1.89 bits per heavy atom. The van der Waals surface area contributed by atoms with E-state index in [2.05, 4.69) is 0 Å². The monoisotopic (exact) mass is 533 g/mol. The van der Waals surface area contributed by atoms with Gasteiger partial charge in [-0.1, -0.05) is 40.7 Å². The van der Waals surface area contributed by atoms with Crippen LogP contribution < -0.4 is 0 Å². The van der Waals surface area contributed by atoms with Gasteiger partial charge in [-0.05, 0) is 55.2 Å². The van der Waals surface area contributed by atoms with Crippen LogP contribution >= 0.6 is 0 Å². The van der Waals surface area contributed by atoms with Crippen LogP contribution in [0.2, 0.25) is 0 Å². The van der Waals surface area contributed by atoms with E-state index in [0.29, 0.717) is 0 Å². The Balaban J connectivity index is 1.84. The molecule has 0 bridgehead atoms. The molecule has 3 fully saturated rings. The molecule has 3 saturated carbocycles. The van der Waals surface area contributed by atoms with E-state index in [1.165, 1.54) is 19.1 Å². The Morgan fingerprint density at radius 1 is 1.24 bits per heavy atom.